The lowest BCUT2D eigenvalue weighted by molar-refractivity contribution is -0.130. The highest BCUT2D eigenvalue weighted by Crippen LogP contribution is 2.40. The zero-order chi connectivity index (χ0) is 19.3. The summed E-state index contributed by atoms with van der Waals surface area (Å²) in [5, 5.41) is 16.7. The Hall–Kier alpha value is -1.42. The Morgan fingerprint density at radius 1 is 1.32 bits per heavy atom. The second-order valence-corrected chi connectivity index (χ2v) is 10.7. The van der Waals surface area contributed by atoms with Gasteiger partial charge in [0.1, 0.15) is 0 Å². The lowest BCUT2D eigenvalue weighted by Gasteiger charge is -2.35. The number of nitrogens with zero attached hydrogens (tertiary/aromatic N) is 3. The predicted molar refractivity (Wildman–Crippen MR) is 120 cm³/mol. The van der Waals surface area contributed by atoms with Gasteiger partial charge < -0.3 is 10.2 Å². The molecule has 4 rings (SSSR count). The molecular weight excluding hydrogens is 429 g/mol. The molecule has 3 aromatic heterocycles. The van der Waals surface area contributed by atoms with Gasteiger partial charge in [0.15, 0.2) is 4.34 Å². The first-order valence-corrected chi connectivity index (χ1v) is 12.9. The van der Waals surface area contributed by atoms with Gasteiger partial charge in [0.25, 0.3) is 0 Å². The van der Waals surface area contributed by atoms with E-state index in [1.807, 2.05) is 4.90 Å². The second-order valence-electron chi connectivity index (χ2n) is 6.50. The number of hydrogen-bond donors (Lipinski definition) is 1. The first kappa shape index (κ1) is 19.9. The minimum Gasteiger partial charge on any atom is -0.360 e. The van der Waals surface area contributed by atoms with Crippen molar-refractivity contribution in [1.82, 2.24) is 15.1 Å². The third-order valence-corrected chi connectivity index (χ3v) is 8.55. The zero-order valence-corrected chi connectivity index (χ0v) is 18.9. The van der Waals surface area contributed by atoms with Crippen LogP contribution in [-0.2, 0) is 11.2 Å². The maximum absolute atomic E-state index is 13.1. The second kappa shape index (κ2) is 9.39. The van der Waals surface area contributed by atoms with Crippen LogP contribution in [-0.4, -0.2) is 39.8 Å². The van der Waals surface area contributed by atoms with Crippen molar-refractivity contribution >= 4 is 56.8 Å². The molecule has 0 spiro atoms. The molecule has 28 heavy (non-hydrogen) atoms. The molecule has 1 amide bonds. The zero-order valence-electron chi connectivity index (χ0n) is 15.6. The molecule has 5 nitrogen and oxygen atoms in total. The van der Waals surface area contributed by atoms with Crippen molar-refractivity contribution in [2.75, 3.05) is 24.2 Å². The summed E-state index contributed by atoms with van der Waals surface area (Å²) in [4.78, 5) is 17.8. The molecule has 3 aromatic rings. The van der Waals surface area contributed by atoms with E-state index >= 15 is 0 Å². The summed E-state index contributed by atoms with van der Waals surface area (Å²) in [6.07, 6.45) is 3.20. The number of nitrogens with one attached hydrogen (secondary N) is 1. The molecule has 9 heteroatoms. The SMILES string of the molecule is CCCCNc1nnc(SCC(=O)N2CCc3sccc3[C@H]2c2cccs2)s1. The molecule has 1 N–H and O–H groups in total. The Bertz CT molecular complexity index is 905. The van der Waals surface area contributed by atoms with Crippen molar-refractivity contribution in [3.05, 3.63) is 44.3 Å². The van der Waals surface area contributed by atoms with Gasteiger partial charge in [0.2, 0.25) is 11.0 Å². The van der Waals surface area contributed by atoms with Crippen LogP contribution < -0.4 is 5.32 Å². The van der Waals surface area contributed by atoms with Crippen molar-refractivity contribution < 1.29 is 4.79 Å². The van der Waals surface area contributed by atoms with E-state index in [-0.39, 0.29) is 11.9 Å². The number of amides is 1. The maximum atomic E-state index is 13.1. The molecule has 0 radical (unpaired) electrons. The number of fused-ring (bicyclic) bond motifs is 1. The van der Waals surface area contributed by atoms with Crippen LogP contribution in [0.25, 0.3) is 0 Å². The number of hydrogen-bond acceptors (Lipinski definition) is 8. The quantitative estimate of drug-likeness (QED) is 0.380. The molecule has 0 bridgehead atoms. The van der Waals surface area contributed by atoms with Crippen molar-refractivity contribution in [3.8, 4) is 0 Å². The fourth-order valence-electron chi connectivity index (χ4n) is 3.26. The van der Waals surface area contributed by atoms with E-state index in [1.54, 1.807) is 22.7 Å². The molecule has 4 heterocycles. The lowest BCUT2D eigenvalue weighted by Crippen LogP contribution is -2.40. The summed E-state index contributed by atoms with van der Waals surface area (Å²) >= 11 is 6.53. The third-order valence-electron chi connectivity index (χ3n) is 4.63. The Kier molecular flexibility index (Phi) is 6.66. The molecule has 0 unspecified atom stereocenters. The number of aromatic nitrogens is 2. The monoisotopic (exact) mass is 450 g/mol. The number of thiophene rings is 2. The number of unbranched alkanes of at least 4 members (excludes halogenated alkanes) is 1. The van der Waals surface area contributed by atoms with Gasteiger partial charge in [-0.1, -0.05) is 42.5 Å². The van der Waals surface area contributed by atoms with E-state index < -0.39 is 0 Å². The van der Waals surface area contributed by atoms with E-state index in [9.17, 15) is 4.79 Å². The molecular formula is C19H22N4OS4. The summed E-state index contributed by atoms with van der Waals surface area (Å²) in [5.74, 6) is 0.557. The van der Waals surface area contributed by atoms with Crippen LogP contribution in [0.5, 0.6) is 0 Å². The smallest absolute Gasteiger partial charge is 0.233 e. The predicted octanol–water partition coefficient (Wildman–Crippen LogP) is 5.14. The van der Waals surface area contributed by atoms with Gasteiger partial charge in [0.05, 0.1) is 11.8 Å². The summed E-state index contributed by atoms with van der Waals surface area (Å²) in [6.45, 7) is 3.85. The lowest BCUT2D eigenvalue weighted by atomic mass is 9.98. The number of rotatable bonds is 8. The Morgan fingerprint density at radius 3 is 3.07 bits per heavy atom. The number of carbonyl (C=O) groups is 1. The van der Waals surface area contributed by atoms with Crippen molar-refractivity contribution in [2.45, 2.75) is 36.6 Å². The topological polar surface area (TPSA) is 58.1 Å². The van der Waals surface area contributed by atoms with Gasteiger partial charge in [-0.25, -0.2) is 0 Å². The van der Waals surface area contributed by atoms with Gasteiger partial charge in [-0.15, -0.1) is 32.9 Å². The van der Waals surface area contributed by atoms with Crippen LogP contribution in [0.4, 0.5) is 5.13 Å². The van der Waals surface area contributed by atoms with Gasteiger partial charge in [-0.05, 0) is 41.3 Å². The molecule has 0 fully saturated rings. The third kappa shape index (κ3) is 4.42. The summed E-state index contributed by atoms with van der Waals surface area (Å²) in [6, 6.07) is 6.42. The fourth-order valence-corrected chi connectivity index (χ4v) is 6.68. The number of thioether (sulfide) groups is 1. The Balaban J connectivity index is 1.41. The number of anilines is 1. The van der Waals surface area contributed by atoms with Crippen LogP contribution in [0.2, 0.25) is 0 Å². The van der Waals surface area contributed by atoms with E-state index in [0.29, 0.717) is 5.75 Å². The summed E-state index contributed by atoms with van der Waals surface area (Å²) in [7, 11) is 0. The molecule has 0 saturated carbocycles. The van der Waals surface area contributed by atoms with Gasteiger partial charge in [-0.2, -0.15) is 0 Å². The minimum absolute atomic E-state index is 0.0452. The molecule has 1 aliphatic rings. The van der Waals surface area contributed by atoms with Gasteiger partial charge in [0, 0.05) is 22.8 Å². The largest absolute Gasteiger partial charge is 0.360 e. The standard InChI is InChI=1S/C19H22N4OS4/c1-2-3-8-20-18-21-22-19(28-18)27-12-16(24)23-9-6-14-13(7-11-26-14)17(23)15-5-4-10-25-15/h4-5,7,10-11,17H,2-3,6,8-9,12H2,1H3,(H,20,21)/t17-/m0/s1. The highest BCUT2D eigenvalue weighted by molar-refractivity contribution is 8.01. The average molecular weight is 451 g/mol. The van der Waals surface area contributed by atoms with Crippen LogP contribution >= 0.6 is 45.8 Å². The first-order valence-electron chi connectivity index (χ1n) is 9.35. The molecule has 0 saturated heterocycles. The molecule has 0 aromatic carbocycles. The van der Waals surface area contributed by atoms with E-state index in [0.717, 1.165) is 41.8 Å². The fraction of sp³-hybridized carbons (Fsp3) is 0.421. The van der Waals surface area contributed by atoms with Crippen LogP contribution in [0, 0.1) is 0 Å². The van der Waals surface area contributed by atoms with Crippen molar-refractivity contribution in [1.29, 1.82) is 0 Å². The summed E-state index contributed by atoms with van der Waals surface area (Å²) < 4.78 is 0.841. The van der Waals surface area contributed by atoms with E-state index in [1.165, 1.54) is 38.4 Å². The molecule has 148 valence electrons. The molecule has 1 atom stereocenters. The Labute approximate surface area is 181 Å². The van der Waals surface area contributed by atoms with Crippen LogP contribution in [0.15, 0.2) is 33.3 Å². The van der Waals surface area contributed by atoms with Crippen molar-refractivity contribution in [2.24, 2.45) is 0 Å². The molecule has 0 aliphatic carbocycles. The highest BCUT2D eigenvalue weighted by Gasteiger charge is 2.33. The van der Waals surface area contributed by atoms with Crippen molar-refractivity contribution in [3.63, 3.8) is 0 Å². The van der Waals surface area contributed by atoms with Crippen LogP contribution in [0.3, 0.4) is 0 Å². The minimum atomic E-state index is 0.0452. The molecule has 1 aliphatic heterocycles. The summed E-state index contributed by atoms with van der Waals surface area (Å²) in [5.41, 5.74) is 1.29. The highest BCUT2D eigenvalue weighted by atomic mass is 32.2. The van der Waals surface area contributed by atoms with E-state index in [4.69, 9.17) is 0 Å². The maximum Gasteiger partial charge on any atom is 0.233 e. The average Bonchev–Trinajstić information content (AvgIpc) is 3.46. The normalized spacial score (nSPS) is 16.2. The van der Waals surface area contributed by atoms with Gasteiger partial charge >= 0.3 is 0 Å². The van der Waals surface area contributed by atoms with E-state index in [2.05, 4.69) is 51.4 Å². The number of carbonyl (C=O) groups excluding carboxylic acids is 1. The van der Waals surface area contributed by atoms with Crippen LogP contribution in [0.1, 0.15) is 41.1 Å². The van der Waals surface area contributed by atoms with Gasteiger partial charge in [-0.3, -0.25) is 4.79 Å². The first-order chi connectivity index (χ1) is 13.8. The Morgan fingerprint density at radius 2 is 2.25 bits per heavy atom.